The molecule has 0 saturated carbocycles. The molecule has 0 saturated heterocycles. The summed E-state index contributed by atoms with van der Waals surface area (Å²) in [7, 11) is 0. The van der Waals surface area contributed by atoms with Gasteiger partial charge < -0.3 is 5.73 Å². The first-order valence-electron chi connectivity index (χ1n) is 5.83. The lowest BCUT2D eigenvalue weighted by Gasteiger charge is -2.25. The number of rotatable bonds is 2. The Kier molecular flexibility index (Phi) is 3.11. The van der Waals surface area contributed by atoms with Crippen molar-refractivity contribution in [1.82, 2.24) is 0 Å². The molecule has 0 spiro atoms. The normalized spacial score (nSPS) is 14.6. The van der Waals surface area contributed by atoms with Crippen LogP contribution in [0.25, 0.3) is 0 Å². The van der Waals surface area contributed by atoms with Crippen molar-refractivity contribution in [3.05, 3.63) is 56.8 Å². The molecule has 1 atom stereocenters. The van der Waals surface area contributed by atoms with Gasteiger partial charge in [0.15, 0.2) is 0 Å². The van der Waals surface area contributed by atoms with Crippen molar-refractivity contribution in [1.29, 1.82) is 0 Å². The number of thiophene rings is 1. The molecule has 0 amide bonds. The van der Waals surface area contributed by atoms with Crippen molar-refractivity contribution in [2.75, 3.05) is 0 Å². The lowest BCUT2D eigenvalue weighted by molar-refractivity contribution is 0.604. The van der Waals surface area contributed by atoms with E-state index in [1.54, 1.807) is 11.3 Å². The fourth-order valence-corrected chi connectivity index (χ4v) is 2.77. The molecular weight excluding hydrogens is 226 g/mol. The van der Waals surface area contributed by atoms with Crippen LogP contribution in [0.3, 0.4) is 0 Å². The van der Waals surface area contributed by atoms with Crippen LogP contribution in [0.1, 0.15) is 34.1 Å². The van der Waals surface area contributed by atoms with Crippen LogP contribution >= 0.6 is 11.3 Å². The number of aryl methyl sites for hydroxylation is 3. The minimum Gasteiger partial charge on any atom is -0.318 e. The number of hydrogen-bond donors (Lipinski definition) is 1. The Bertz CT molecular complexity index is 538. The summed E-state index contributed by atoms with van der Waals surface area (Å²) in [6, 6.07) is 8.66. The average molecular weight is 245 g/mol. The molecule has 1 aromatic heterocycles. The van der Waals surface area contributed by atoms with Gasteiger partial charge in [-0.1, -0.05) is 18.2 Å². The van der Waals surface area contributed by atoms with Gasteiger partial charge in [0.05, 0.1) is 5.54 Å². The van der Waals surface area contributed by atoms with Gasteiger partial charge in [-0.25, -0.2) is 0 Å². The summed E-state index contributed by atoms with van der Waals surface area (Å²) in [5.41, 5.74) is 11.1. The van der Waals surface area contributed by atoms with E-state index in [0.717, 1.165) is 0 Å². The number of nitrogens with two attached hydrogens (primary N) is 1. The Morgan fingerprint density at radius 2 is 1.71 bits per heavy atom. The molecule has 2 N–H and O–H groups in total. The second-order valence-corrected chi connectivity index (χ2v) is 6.06. The first-order chi connectivity index (χ1) is 7.91. The Labute approximate surface area is 107 Å². The van der Waals surface area contributed by atoms with E-state index >= 15 is 0 Å². The monoisotopic (exact) mass is 245 g/mol. The van der Waals surface area contributed by atoms with E-state index in [2.05, 4.69) is 57.3 Å². The molecule has 2 heteroatoms. The zero-order valence-electron chi connectivity index (χ0n) is 10.9. The second-order valence-electron chi connectivity index (χ2n) is 4.95. The average Bonchev–Trinajstić information content (AvgIpc) is 2.69. The van der Waals surface area contributed by atoms with Crippen LogP contribution in [0.15, 0.2) is 29.6 Å². The van der Waals surface area contributed by atoms with Crippen LogP contribution in [0, 0.1) is 20.8 Å². The molecule has 90 valence electrons. The topological polar surface area (TPSA) is 26.0 Å². The van der Waals surface area contributed by atoms with Crippen molar-refractivity contribution in [2.24, 2.45) is 5.73 Å². The maximum atomic E-state index is 6.50. The summed E-state index contributed by atoms with van der Waals surface area (Å²) >= 11 is 1.75. The van der Waals surface area contributed by atoms with E-state index in [9.17, 15) is 0 Å². The third-order valence-corrected chi connectivity index (χ3v) is 4.30. The van der Waals surface area contributed by atoms with E-state index in [1.165, 1.54) is 27.1 Å². The summed E-state index contributed by atoms with van der Waals surface area (Å²) in [6.45, 7) is 8.46. The molecule has 0 fully saturated rings. The second kappa shape index (κ2) is 4.28. The third-order valence-electron chi connectivity index (χ3n) is 3.44. The van der Waals surface area contributed by atoms with Gasteiger partial charge in [0, 0.05) is 4.88 Å². The molecule has 1 aromatic carbocycles. The van der Waals surface area contributed by atoms with Crippen LogP contribution in [0.2, 0.25) is 0 Å². The van der Waals surface area contributed by atoms with Crippen molar-refractivity contribution in [2.45, 2.75) is 33.2 Å². The molecule has 2 aromatic rings. The van der Waals surface area contributed by atoms with E-state index in [4.69, 9.17) is 5.73 Å². The van der Waals surface area contributed by atoms with Gasteiger partial charge in [0.2, 0.25) is 0 Å². The van der Waals surface area contributed by atoms with Crippen LogP contribution in [0.4, 0.5) is 0 Å². The van der Waals surface area contributed by atoms with Gasteiger partial charge in [-0.05, 0) is 61.4 Å². The minimum atomic E-state index is -0.400. The van der Waals surface area contributed by atoms with E-state index in [-0.39, 0.29) is 0 Å². The molecule has 0 aliphatic heterocycles. The van der Waals surface area contributed by atoms with Crippen molar-refractivity contribution in [3.8, 4) is 0 Å². The molecule has 0 aliphatic rings. The summed E-state index contributed by atoms with van der Waals surface area (Å²) in [5.74, 6) is 0. The Balaban J connectivity index is 2.47. The quantitative estimate of drug-likeness (QED) is 0.853. The molecular formula is C15H19NS. The van der Waals surface area contributed by atoms with Crippen LogP contribution in [0.5, 0.6) is 0 Å². The van der Waals surface area contributed by atoms with Crippen molar-refractivity contribution >= 4 is 11.3 Å². The highest BCUT2D eigenvalue weighted by molar-refractivity contribution is 7.10. The SMILES string of the molecule is Cc1cc(C(C)(N)c2ccc(C)c(C)c2)cs1. The Morgan fingerprint density at radius 3 is 2.24 bits per heavy atom. The van der Waals surface area contributed by atoms with Gasteiger partial charge in [0.1, 0.15) is 0 Å². The first-order valence-corrected chi connectivity index (χ1v) is 6.71. The first kappa shape index (κ1) is 12.3. The lowest BCUT2D eigenvalue weighted by atomic mass is 9.86. The van der Waals surface area contributed by atoms with Crippen LogP contribution < -0.4 is 5.73 Å². The number of benzene rings is 1. The highest BCUT2D eigenvalue weighted by atomic mass is 32.1. The van der Waals surface area contributed by atoms with Crippen LogP contribution in [-0.2, 0) is 5.54 Å². The zero-order chi connectivity index (χ0) is 12.6. The van der Waals surface area contributed by atoms with Crippen molar-refractivity contribution in [3.63, 3.8) is 0 Å². The van der Waals surface area contributed by atoms with Gasteiger partial charge in [-0.15, -0.1) is 11.3 Å². The van der Waals surface area contributed by atoms with Gasteiger partial charge in [-0.2, -0.15) is 0 Å². The fourth-order valence-electron chi connectivity index (χ4n) is 1.95. The standard InChI is InChI=1S/C15H19NS/c1-10-5-6-13(7-11(10)2)15(4,16)14-8-12(3)17-9-14/h5-9H,16H2,1-4H3. The van der Waals surface area contributed by atoms with Gasteiger partial charge in [0.25, 0.3) is 0 Å². The molecule has 0 radical (unpaired) electrons. The molecule has 0 aliphatic carbocycles. The van der Waals surface area contributed by atoms with Gasteiger partial charge in [-0.3, -0.25) is 0 Å². The minimum absolute atomic E-state index is 0.400. The summed E-state index contributed by atoms with van der Waals surface area (Å²) in [5, 5.41) is 2.16. The predicted octanol–water partition coefficient (Wildman–Crippen LogP) is 3.90. The highest BCUT2D eigenvalue weighted by Gasteiger charge is 2.24. The lowest BCUT2D eigenvalue weighted by Crippen LogP contribution is -2.33. The van der Waals surface area contributed by atoms with E-state index < -0.39 is 5.54 Å². The van der Waals surface area contributed by atoms with Crippen molar-refractivity contribution < 1.29 is 0 Å². The maximum Gasteiger partial charge on any atom is 0.0645 e. The fraction of sp³-hybridized carbons (Fsp3) is 0.333. The smallest absolute Gasteiger partial charge is 0.0645 e. The van der Waals surface area contributed by atoms with E-state index in [1.807, 2.05) is 0 Å². The van der Waals surface area contributed by atoms with Gasteiger partial charge >= 0.3 is 0 Å². The Morgan fingerprint density at radius 1 is 1.00 bits per heavy atom. The molecule has 17 heavy (non-hydrogen) atoms. The molecule has 1 unspecified atom stereocenters. The molecule has 0 bridgehead atoms. The summed E-state index contributed by atoms with van der Waals surface area (Å²) in [4.78, 5) is 1.31. The number of hydrogen-bond acceptors (Lipinski definition) is 2. The summed E-state index contributed by atoms with van der Waals surface area (Å²) in [6.07, 6.45) is 0. The molecule has 1 nitrogen and oxygen atoms in total. The molecule has 1 heterocycles. The zero-order valence-corrected chi connectivity index (χ0v) is 11.7. The largest absolute Gasteiger partial charge is 0.318 e. The van der Waals surface area contributed by atoms with Crippen LogP contribution in [-0.4, -0.2) is 0 Å². The highest BCUT2D eigenvalue weighted by Crippen LogP contribution is 2.30. The predicted molar refractivity (Wildman–Crippen MR) is 75.6 cm³/mol. The van der Waals surface area contributed by atoms with E-state index in [0.29, 0.717) is 0 Å². The summed E-state index contributed by atoms with van der Waals surface area (Å²) < 4.78 is 0. The maximum absolute atomic E-state index is 6.50. The Hall–Kier alpha value is -1.12. The third kappa shape index (κ3) is 2.28. The molecule has 2 rings (SSSR count).